The molecule has 0 aromatic heterocycles. The van der Waals surface area contributed by atoms with E-state index in [0.29, 0.717) is 5.92 Å². The Kier molecular flexibility index (Phi) is 5.21. The van der Waals surface area contributed by atoms with Crippen LogP contribution in [0.2, 0.25) is 0 Å². The molecule has 0 amide bonds. The molecule has 0 spiro atoms. The summed E-state index contributed by atoms with van der Waals surface area (Å²) in [6.07, 6.45) is 2.71. The molecule has 0 bridgehead atoms. The molecule has 0 radical (unpaired) electrons. The summed E-state index contributed by atoms with van der Waals surface area (Å²) in [5.74, 6) is 0.418. The quantitative estimate of drug-likeness (QED) is 0.724. The van der Waals surface area contributed by atoms with Crippen molar-refractivity contribution in [3.05, 3.63) is 12.7 Å². The van der Waals surface area contributed by atoms with Crippen LogP contribution in [0.5, 0.6) is 0 Å². The Bertz CT molecular complexity index is 242. The van der Waals surface area contributed by atoms with Crippen molar-refractivity contribution in [3.8, 4) is 0 Å². The van der Waals surface area contributed by atoms with Gasteiger partial charge in [0, 0.05) is 5.54 Å². The van der Waals surface area contributed by atoms with E-state index in [2.05, 4.69) is 32.1 Å². The summed E-state index contributed by atoms with van der Waals surface area (Å²) in [7, 11) is -1.03. The van der Waals surface area contributed by atoms with Crippen molar-refractivity contribution in [2.75, 3.05) is 0 Å². The summed E-state index contributed by atoms with van der Waals surface area (Å²) in [5.41, 5.74) is -0.139. The van der Waals surface area contributed by atoms with Gasteiger partial charge in [0.1, 0.15) is 0 Å². The van der Waals surface area contributed by atoms with E-state index in [4.69, 9.17) is 0 Å². The van der Waals surface area contributed by atoms with Gasteiger partial charge >= 0.3 is 0 Å². The van der Waals surface area contributed by atoms with E-state index < -0.39 is 11.0 Å². The van der Waals surface area contributed by atoms with Crippen LogP contribution in [-0.2, 0) is 11.0 Å². The molecule has 3 heteroatoms. The highest BCUT2D eigenvalue weighted by molar-refractivity contribution is 7.84. The SMILES string of the molecule is C=CC[C@](C)(N[S@@](=O)C(C)(C)C)C(C)C. The molecule has 0 aliphatic rings. The first-order valence-corrected chi connectivity index (χ1v) is 6.59. The average molecular weight is 231 g/mol. The fourth-order valence-corrected chi connectivity index (χ4v) is 2.11. The zero-order valence-corrected chi connectivity index (χ0v) is 11.7. The van der Waals surface area contributed by atoms with Crippen molar-refractivity contribution < 1.29 is 4.21 Å². The summed E-state index contributed by atoms with van der Waals surface area (Å²) < 4.78 is 15.0. The third kappa shape index (κ3) is 4.47. The van der Waals surface area contributed by atoms with Gasteiger partial charge in [-0.25, -0.2) is 8.93 Å². The van der Waals surface area contributed by atoms with Crippen molar-refractivity contribution >= 4 is 11.0 Å². The zero-order chi connectivity index (χ0) is 12.3. The van der Waals surface area contributed by atoms with Crippen molar-refractivity contribution in [1.29, 1.82) is 0 Å². The zero-order valence-electron chi connectivity index (χ0n) is 10.9. The number of nitrogens with one attached hydrogen (secondary N) is 1. The lowest BCUT2D eigenvalue weighted by Crippen LogP contribution is -2.51. The molecule has 1 N–H and O–H groups in total. The van der Waals surface area contributed by atoms with Crippen LogP contribution in [0.1, 0.15) is 48.0 Å². The maximum absolute atomic E-state index is 12.0. The van der Waals surface area contributed by atoms with Crippen LogP contribution >= 0.6 is 0 Å². The first kappa shape index (κ1) is 14.8. The van der Waals surface area contributed by atoms with Crippen molar-refractivity contribution in [2.45, 2.75) is 58.2 Å². The summed E-state index contributed by atoms with van der Waals surface area (Å²) in [6.45, 7) is 16.1. The van der Waals surface area contributed by atoms with E-state index in [-0.39, 0.29) is 10.3 Å². The molecule has 2 atom stereocenters. The second-order valence-corrected chi connectivity index (χ2v) is 7.51. The fraction of sp³-hybridized carbons (Fsp3) is 0.833. The lowest BCUT2D eigenvalue weighted by Gasteiger charge is -2.36. The van der Waals surface area contributed by atoms with Gasteiger partial charge in [0.25, 0.3) is 0 Å². The summed E-state index contributed by atoms with van der Waals surface area (Å²) >= 11 is 0. The van der Waals surface area contributed by atoms with Crippen molar-refractivity contribution in [2.24, 2.45) is 5.92 Å². The monoisotopic (exact) mass is 231 g/mol. The van der Waals surface area contributed by atoms with Gasteiger partial charge in [-0.05, 0) is 40.0 Å². The average Bonchev–Trinajstić information content (AvgIpc) is 2.02. The topological polar surface area (TPSA) is 29.1 Å². The van der Waals surface area contributed by atoms with E-state index in [9.17, 15) is 4.21 Å². The molecule has 2 nitrogen and oxygen atoms in total. The van der Waals surface area contributed by atoms with E-state index in [0.717, 1.165) is 6.42 Å². The summed E-state index contributed by atoms with van der Waals surface area (Å²) in [5, 5.41) is 0. The second kappa shape index (κ2) is 5.26. The molecule has 15 heavy (non-hydrogen) atoms. The molecular weight excluding hydrogens is 206 g/mol. The number of hydrogen-bond acceptors (Lipinski definition) is 1. The van der Waals surface area contributed by atoms with Gasteiger partial charge in [-0.2, -0.15) is 0 Å². The lowest BCUT2D eigenvalue weighted by molar-refractivity contribution is 0.312. The van der Waals surface area contributed by atoms with Gasteiger partial charge in [-0.1, -0.05) is 19.9 Å². The summed E-state index contributed by atoms with van der Waals surface area (Å²) in [4.78, 5) is 0. The standard InChI is InChI=1S/C12H25NOS/c1-8-9-12(7,10(2)3)13-15(14)11(4,5)6/h8,10,13H,1,9H2,2-7H3/t12-,15-/m0/s1. The van der Waals surface area contributed by atoms with E-state index in [1.54, 1.807) is 0 Å². The molecule has 0 fully saturated rings. The second-order valence-electron chi connectivity index (χ2n) is 5.55. The minimum atomic E-state index is -1.03. The molecule has 0 saturated heterocycles. The van der Waals surface area contributed by atoms with Gasteiger partial charge in [-0.3, -0.25) is 0 Å². The smallest absolute Gasteiger partial charge is 0.0975 e. The van der Waals surface area contributed by atoms with Gasteiger partial charge in [0.2, 0.25) is 0 Å². The first-order chi connectivity index (χ1) is 6.63. The van der Waals surface area contributed by atoms with Crippen LogP contribution < -0.4 is 4.72 Å². The molecular formula is C12H25NOS. The first-order valence-electron chi connectivity index (χ1n) is 5.44. The molecule has 0 heterocycles. The molecule has 0 aliphatic heterocycles. The normalized spacial score (nSPS) is 18.6. The Balaban J connectivity index is 4.70. The molecule has 0 rings (SSSR count). The minimum Gasteiger partial charge on any atom is -0.242 e. The highest BCUT2D eigenvalue weighted by Crippen LogP contribution is 2.23. The van der Waals surface area contributed by atoms with Crippen LogP contribution in [-0.4, -0.2) is 14.5 Å². The van der Waals surface area contributed by atoms with Crippen LogP contribution in [0.15, 0.2) is 12.7 Å². The third-order valence-corrected chi connectivity index (χ3v) is 4.49. The maximum Gasteiger partial charge on any atom is 0.0975 e. The van der Waals surface area contributed by atoms with E-state index in [1.165, 1.54) is 0 Å². The van der Waals surface area contributed by atoms with Crippen LogP contribution in [0.4, 0.5) is 0 Å². The molecule has 90 valence electrons. The largest absolute Gasteiger partial charge is 0.242 e. The fourth-order valence-electron chi connectivity index (χ4n) is 1.06. The predicted octanol–water partition coefficient (Wildman–Crippen LogP) is 3.03. The highest BCUT2D eigenvalue weighted by atomic mass is 32.2. The highest BCUT2D eigenvalue weighted by Gasteiger charge is 2.32. The molecule has 0 aromatic rings. The number of hydrogen-bond donors (Lipinski definition) is 1. The Hall–Kier alpha value is -0.150. The van der Waals surface area contributed by atoms with Crippen LogP contribution in [0, 0.1) is 5.92 Å². The molecule has 0 unspecified atom stereocenters. The Morgan fingerprint density at radius 2 is 1.80 bits per heavy atom. The van der Waals surface area contributed by atoms with Crippen LogP contribution in [0.25, 0.3) is 0 Å². The van der Waals surface area contributed by atoms with Crippen molar-refractivity contribution in [3.63, 3.8) is 0 Å². The van der Waals surface area contributed by atoms with Crippen LogP contribution in [0.3, 0.4) is 0 Å². The van der Waals surface area contributed by atoms with Gasteiger partial charge in [0.05, 0.1) is 15.7 Å². The minimum absolute atomic E-state index is 0.139. The lowest BCUT2D eigenvalue weighted by atomic mass is 9.86. The number of rotatable bonds is 5. The van der Waals surface area contributed by atoms with Gasteiger partial charge < -0.3 is 0 Å². The van der Waals surface area contributed by atoms with Crippen molar-refractivity contribution in [1.82, 2.24) is 4.72 Å². The Labute approximate surface area is 97.1 Å². The maximum atomic E-state index is 12.0. The summed E-state index contributed by atoms with van der Waals surface area (Å²) in [6, 6.07) is 0. The molecule has 0 saturated carbocycles. The predicted molar refractivity (Wildman–Crippen MR) is 69.1 cm³/mol. The van der Waals surface area contributed by atoms with Gasteiger partial charge in [-0.15, -0.1) is 6.58 Å². The van der Waals surface area contributed by atoms with E-state index >= 15 is 0 Å². The Morgan fingerprint density at radius 3 is 2.07 bits per heavy atom. The molecule has 0 aromatic carbocycles. The van der Waals surface area contributed by atoms with E-state index in [1.807, 2.05) is 26.8 Å². The Morgan fingerprint density at radius 1 is 1.33 bits per heavy atom. The third-order valence-electron chi connectivity index (χ3n) is 2.72. The molecule has 0 aliphatic carbocycles. The van der Waals surface area contributed by atoms with Gasteiger partial charge in [0.15, 0.2) is 0 Å².